The summed E-state index contributed by atoms with van der Waals surface area (Å²) in [5.74, 6) is 0. The van der Waals surface area contributed by atoms with Crippen LogP contribution in [0.4, 0.5) is 0 Å². The lowest BCUT2D eigenvalue weighted by atomic mass is 10.0. The van der Waals surface area contributed by atoms with Crippen LogP contribution in [0.15, 0.2) is 0 Å². The van der Waals surface area contributed by atoms with E-state index in [-0.39, 0.29) is 18.8 Å². The molecule has 1 fully saturated rings. The van der Waals surface area contributed by atoms with Crippen molar-refractivity contribution in [3.63, 3.8) is 0 Å². The third-order valence-corrected chi connectivity index (χ3v) is 3.49. The number of aliphatic hydroxyl groups excluding tert-OH is 3. The molecule has 6 unspecified atom stereocenters. The quantitative estimate of drug-likeness (QED) is 0.353. The molecule has 1 saturated heterocycles. The van der Waals surface area contributed by atoms with Gasteiger partial charge in [0.1, 0.15) is 30.5 Å². The van der Waals surface area contributed by atoms with Crippen molar-refractivity contribution in [1.29, 1.82) is 0 Å². The third kappa shape index (κ3) is 6.84. The van der Waals surface area contributed by atoms with Gasteiger partial charge >= 0.3 is 0 Å². The molecule has 0 bridgehead atoms. The molecule has 0 amide bonds. The molecule has 0 spiro atoms. The molecule has 3 N–H and O–H groups in total. The zero-order valence-corrected chi connectivity index (χ0v) is 13.4. The Hall–Kier alpha value is -0.320. The zero-order chi connectivity index (χ0) is 16.5. The molecular formula is C14H28O8. The Morgan fingerprint density at radius 1 is 1.18 bits per heavy atom. The van der Waals surface area contributed by atoms with Gasteiger partial charge in [0.2, 0.25) is 0 Å². The van der Waals surface area contributed by atoms with E-state index in [1.54, 1.807) is 7.11 Å². The van der Waals surface area contributed by atoms with E-state index in [1.807, 2.05) is 6.92 Å². The van der Waals surface area contributed by atoms with E-state index in [0.717, 1.165) is 0 Å². The first kappa shape index (κ1) is 19.7. The minimum absolute atomic E-state index is 0.0535. The number of rotatable bonds is 13. The average Bonchev–Trinajstić information content (AvgIpc) is 3.35. The second kappa shape index (κ2) is 10.5. The Morgan fingerprint density at radius 2 is 1.86 bits per heavy atom. The predicted molar refractivity (Wildman–Crippen MR) is 76.7 cm³/mol. The van der Waals surface area contributed by atoms with E-state index < -0.39 is 31.0 Å². The smallest absolute Gasteiger partial charge is 0.114 e. The van der Waals surface area contributed by atoms with Gasteiger partial charge in [0.15, 0.2) is 0 Å². The first-order chi connectivity index (χ1) is 10.5. The van der Waals surface area contributed by atoms with Crippen molar-refractivity contribution in [2.45, 2.75) is 43.5 Å². The van der Waals surface area contributed by atoms with Crippen LogP contribution in [0, 0.1) is 0 Å². The van der Waals surface area contributed by atoms with E-state index >= 15 is 0 Å². The van der Waals surface area contributed by atoms with Crippen molar-refractivity contribution >= 4 is 0 Å². The van der Waals surface area contributed by atoms with Gasteiger partial charge in [-0.05, 0) is 6.92 Å². The van der Waals surface area contributed by atoms with Gasteiger partial charge in [-0.1, -0.05) is 0 Å². The van der Waals surface area contributed by atoms with Crippen molar-refractivity contribution < 1.29 is 39.0 Å². The summed E-state index contributed by atoms with van der Waals surface area (Å²) in [6, 6.07) is 0. The van der Waals surface area contributed by atoms with Crippen LogP contribution >= 0.6 is 0 Å². The second-order valence-electron chi connectivity index (χ2n) is 5.35. The maximum atomic E-state index is 10.1. The maximum Gasteiger partial charge on any atom is 0.114 e. The van der Waals surface area contributed by atoms with Gasteiger partial charge in [-0.2, -0.15) is 0 Å². The summed E-state index contributed by atoms with van der Waals surface area (Å²) in [5, 5.41) is 28.6. The number of hydrogen-bond donors (Lipinski definition) is 3. The number of methoxy groups -OCH3 is 2. The molecule has 0 radical (unpaired) electrons. The lowest BCUT2D eigenvalue weighted by molar-refractivity contribution is -0.162. The Bertz CT molecular complexity index is 286. The lowest BCUT2D eigenvalue weighted by Crippen LogP contribution is -2.50. The molecule has 1 aliphatic heterocycles. The van der Waals surface area contributed by atoms with E-state index in [4.69, 9.17) is 28.8 Å². The second-order valence-corrected chi connectivity index (χ2v) is 5.35. The number of epoxide rings is 1. The molecule has 132 valence electrons. The van der Waals surface area contributed by atoms with Gasteiger partial charge in [0.25, 0.3) is 0 Å². The molecule has 1 aliphatic rings. The van der Waals surface area contributed by atoms with Crippen molar-refractivity contribution in [3.05, 3.63) is 0 Å². The summed E-state index contributed by atoms with van der Waals surface area (Å²) in [5.41, 5.74) is 0. The van der Waals surface area contributed by atoms with Crippen LogP contribution in [0.1, 0.15) is 6.92 Å². The zero-order valence-electron chi connectivity index (χ0n) is 13.4. The van der Waals surface area contributed by atoms with Gasteiger partial charge in [-0.25, -0.2) is 0 Å². The highest BCUT2D eigenvalue weighted by Crippen LogP contribution is 2.16. The first-order valence-electron chi connectivity index (χ1n) is 7.37. The Morgan fingerprint density at radius 3 is 2.36 bits per heavy atom. The normalized spacial score (nSPS) is 24.5. The maximum absolute atomic E-state index is 10.1. The van der Waals surface area contributed by atoms with Crippen LogP contribution in [-0.4, -0.2) is 99.2 Å². The average molecular weight is 324 g/mol. The SMILES string of the molecule is COC(C)COCC(OCC1CO1)C(OC)C(O)C(O)CO. The Kier molecular flexibility index (Phi) is 9.37. The van der Waals surface area contributed by atoms with Crippen LogP contribution < -0.4 is 0 Å². The van der Waals surface area contributed by atoms with Gasteiger partial charge in [-0.3, -0.25) is 0 Å². The van der Waals surface area contributed by atoms with Crippen molar-refractivity contribution in [1.82, 2.24) is 0 Å². The van der Waals surface area contributed by atoms with Crippen LogP contribution in [-0.2, 0) is 23.7 Å². The minimum Gasteiger partial charge on any atom is -0.394 e. The molecule has 22 heavy (non-hydrogen) atoms. The molecule has 8 nitrogen and oxygen atoms in total. The third-order valence-electron chi connectivity index (χ3n) is 3.49. The molecule has 1 heterocycles. The molecule has 0 saturated carbocycles. The van der Waals surface area contributed by atoms with E-state index in [0.29, 0.717) is 19.8 Å². The molecular weight excluding hydrogens is 296 g/mol. The molecule has 6 atom stereocenters. The largest absolute Gasteiger partial charge is 0.394 e. The molecule has 0 aromatic heterocycles. The summed E-state index contributed by atoms with van der Waals surface area (Å²) >= 11 is 0. The van der Waals surface area contributed by atoms with Gasteiger partial charge in [0.05, 0.1) is 39.1 Å². The Labute approximate surface area is 130 Å². The van der Waals surface area contributed by atoms with E-state index in [9.17, 15) is 10.2 Å². The molecule has 0 aromatic rings. The van der Waals surface area contributed by atoms with Crippen LogP contribution in [0.25, 0.3) is 0 Å². The molecule has 0 aromatic carbocycles. The van der Waals surface area contributed by atoms with Crippen molar-refractivity contribution in [2.75, 3.05) is 47.3 Å². The predicted octanol–water partition coefficient (Wildman–Crippen LogP) is -1.45. The molecule has 0 aliphatic carbocycles. The summed E-state index contributed by atoms with van der Waals surface area (Å²) in [6.45, 7) is 2.83. The molecule has 8 heteroatoms. The summed E-state index contributed by atoms with van der Waals surface area (Å²) in [6.07, 6.45) is -4.05. The van der Waals surface area contributed by atoms with Crippen LogP contribution in [0.5, 0.6) is 0 Å². The number of ether oxygens (including phenoxy) is 5. The number of aliphatic hydroxyl groups is 3. The highest BCUT2D eigenvalue weighted by Gasteiger charge is 2.35. The van der Waals surface area contributed by atoms with Gasteiger partial charge in [0, 0.05) is 14.2 Å². The standard InChI is InChI=1S/C14H28O8/c1-9(18-2)5-20-8-12(22-7-10-6-21-10)14(19-3)13(17)11(16)4-15/h9-17H,4-8H2,1-3H3. The number of hydrogen-bond acceptors (Lipinski definition) is 8. The summed E-state index contributed by atoms with van der Waals surface area (Å²) in [7, 11) is 2.99. The summed E-state index contributed by atoms with van der Waals surface area (Å²) < 4.78 is 26.6. The fourth-order valence-corrected chi connectivity index (χ4v) is 1.89. The van der Waals surface area contributed by atoms with Crippen molar-refractivity contribution in [2.24, 2.45) is 0 Å². The van der Waals surface area contributed by atoms with Gasteiger partial charge < -0.3 is 39.0 Å². The Balaban J connectivity index is 2.55. The fraction of sp³-hybridized carbons (Fsp3) is 1.00. The van der Waals surface area contributed by atoms with Gasteiger partial charge in [-0.15, -0.1) is 0 Å². The fourth-order valence-electron chi connectivity index (χ4n) is 1.89. The van der Waals surface area contributed by atoms with Crippen molar-refractivity contribution in [3.8, 4) is 0 Å². The highest BCUT2D eigenvalue weighted by molar-refractivity contribution is 4.84. The van der Waals surface area contributed by atoms with Crippen LogP contribution in [0.2, 0.25) is 0 Å². The summed E-state index contributed by atoms with van der Waals surface area (Å²) in [4.78, 5) is 0. The first-order valence-corrected chi connectivity index (χ1v) is 7.37. The van der Waals surface area contributed by atoms with E-state index in [2.05, 4.69) is 0 Å². The topological polar surface area (TPSA) is 110 Å². The molecule has 1 rings (SSSR count). The highest BCUT2D eigenvalue weighted by atomic mass is 16.6. The van der Waals surface area contributed by atoms with E-state index in [1.165, 1.54) is 7.11 Å². The van der Waals surface area contributed by atoms with Crippen LogP contribution in [0.3, 0.4) is 0 Å². The lowest BCUT2D eigenvalue weighted by Gasteiger charge is -2.31. The minimum atomic E-state index is -1.31. The monoisotopic (exact) mass is 324 g/mol.